The fraction of sp³-hybridized carbons (Fsp3) is 0.667. The van der Waals surface area contributed by atoms with E-state index in [1.165, 1.54) is 0 Å². The molecule has 1 nitrogen and oxygen atoms in total. The van der Waals surface area contributed by atoms with E-state index >= 15 is 0 Å². The molecule has 0 saturated carbocycles. The van der Waals surface area contributed by atoms with Crippen LogP contribution in [0.15, 0.2) is 24.6 Å². The van der Waals surface area contributed by atoms with Crippen LogP contribution in [0.3, 0.4) is 0 Å². The van der Waals surface area contributed by atoms with Crippen LogP contribution in [0, 0.1) is 0 Å². The van der Waals surface area contributed by atoms with E-state index in [1.54, 1.807) is 0 Å². The van der Waals surface area contributed by atoms with Crippen LogP contribution in [0.4, 0.5) is 0 Å². The Hall–Kier alpha value is -0.560. The van der Waals surface area contributed by atoms with Gasteiger partial charge in [-0.3, -0.25) is 4.48 Å². The lowest BCUT2D eigenvalue weighted by Crippen LogP contribution is -2.48. The molecule has 0 aliphatic carbocycles. The molecule has 0 saturated heterocycles. The van der Waals surface area contributed by atoms with E-state index in [1.807, 2.05) is 0 Å². The highest BCUT2D eigenvalue weighted by molar-refractivity contribution is 4.81. The Morgan fingerprint density at radius 1 is 0.769 bits per heavy atom. The first-order valence-corrected chi connectivity index (χ1v) is 5.16. The summed E-state index contributed by atoms with van der Waals surface area (Å²) in [7, 11) is 0. The van der Waals surface area contributed by atoms with Crippen LogP contribution in [-0.4, -0.2) is 16.6 Å². The number of quaternary nitrogens is 1. The summed E-state index contributed by atoms with van der Waals surface area (Å²) in [6.45, 7) is 13.2. The zero-order chi connectivity index (χ0) is 10.5. The second kappa shape index (κ2) is 5.23. The molecular weight excluding hydrogens is 158 g/mol. The van der Waals surface area contributed by atoms with Crippen LogP contribution in [0.2, 0.25) is 0 Å². The quantitative estimate of drug-likeness (QED) is 0.582. The molecule has 0 atom stereocenters. The van der Waals surface area contributed by atoms with Crippen molar-refractivity contribution in [2.75, 3.05) is 0 Å². The topological polar surface area (TPSA) is 0 Å². The van der Waals surface area contributed by atoms with Crippen molar-refractivity contribution < 1.29 is 4.48 Å². The number of nitrogens with zero attached hydrogens (tertiary/aromatic N) is 1. The average Bonchev–Trinajstić information content (AvgIpc) is 2.03. The molecule has 0 heterocycles. The van der Waals surface area contributed by atoms with E-state index in [0.29, 0.717) is 12.1 Å². The average molecular weight is 182 g/mol. The third kappa shape index (κ3) is 2.70. The molecule has 0 aliphatic heterocycles. The fourth-order valence-corrected chi connectivity index (χ4v) is 1.85. The third-order valence-corrected chi connectivity index (χ3v) is 2.60. The molecule has 0 amide bonds. The lowest BCUT2D eigenvalue weighted by atomic mass is 10.1. The van der Waals surface area contributed by atoms with Gasteiger partial charge in [0, 0.05) is 0 Å². The highest BCUT2D eigenvalue weighted by Gasteiger charge is 2.29. The van der Waals surface area contributed by atoms with Gasteiger partial charge in [-0.05, 0) is 53.7 Å². The van der Waals surface area contributed by atoms with Crippen LogP contribution in [0.25, 0.3) is 0 Å². The maximum Gasteiger partial charge on any atom is 0.0965 e. The molecule has 0 aliphatic rings. The van der Waals surface area contributed by atoms with Crippen molar-refractivity contribution >= 4 is 0 Å². The Morgan fingerprint density at radius 2 is 1.08 bits per heavy atom. The Labute approximate surface area is 83.3 Å². The molecule has 0 aromatic heterocycles. The highest BCUT2D eigenvalue weighted by atomic mass is 15.4. The fourth-order valence-electron chi connectivity index (χ4n) is 1.85. The summed E-state index contributed by atoms with van der Waals surface area (Å²) >= 11 is 0. The Bertz CT molecular complexity index is 165. The predicted molar refractivity (Wildman–Crippen MR) is 60.2 cm³/mol. The van der Waals surface area contributed by atoms with Crippen molar-refractivity contribution in [1.82, 2.24) is 0 Å². The molecule has 0 N–H and O–H groups in total. The van der Waals surface area contributed by atoms with Crippen molar-refractivity contribution in [2.24, 2.45) is 0 Å². The third-order valence-electron chi connectivity index (χ3n) is 2.60. The normalized spacial score (nSPS) is 14.2. The summed E-state index contributed by atoms with van der Waals surface area (Å²) in [5.74, 6) is 0. The van der Waals surface area contributed by atoms with Gasteiger partial charge in [0.05, 0.1) is 24.5 Å². The first-order chi connectivity index (χ1) is 6.01. The van der Waals surface area contributed by atoms with Gasteiger partial charge in [-0.25, -0.2) is 0 Å². The largest absolute Gasteiger partial charge is 0.268 e. The van der Waals surface area contributed by atoms with Crippen LogP contribution < -0.4 is 0 Å². The predicted octanol–water partition coefficient (Wildman–Crippen LogP) is 3.69. The number of hydrogen-bond acceptors (Lipinski definition) is 0. The summed E-state index contributed by atoms with van der Waals surface area (Å²) in [6, 6.07) is 1.18. The number of rotatable bonds is 4. The van der Waals surface area contributed by atoms with Crippen molar-refractivity contribution in [3.63, 3.8) is 0 Å². The van der Waals surface area contributed by atoms with Gasteiger partial charge in [-0.15, -0.1) is 0 Å². The van der Waals surface area contributed by atoms with E-state index in [4.69, 9.17) is 0 Å². The van der Waals surface area contributed by atoms with Crippen LogP contribution in [0.5, 0.6) is 0 Å². The summed E-state index contributed by atoms with van der Waals surface area (Å²) in [5, 5.41) is 0. The molecule has 0 aromatic rings. The molecule has 0 aromatic carbocycles. The van der Waals surface area contributed by atoms with E-state index in [2.05, 4.69) is 66.1 Å². The number of allylic oxidation sites excluding steroid dienone is 2. The minimum absolute atomic E-state index is 0.590. The SMILES string of the molecule is CC=C[N+](C=CC)(C(C)C)C(C)C. The lowest BCUT2D eigenvalue weighted by molar-refractivity contribution is -0.872. The van der Waals surface area contributed by atoms with E-state index in [0.717, 1.165) is 4.48 Å². The van der Waals surface area contributed by atoms with Crippen molar-refractivity contribution in [3.05, 3.63) is 24.6 Å². The molecular formula is C12H24N+. The van der Waals surface area contributed by atoms with Crippen molar-refractivity contribution in [3.8, 4) is 0 Å². The van der Waals surface area contributed by atoms with E-state index in [9.17, 15) is 0 Å². The standard InChI is InChI=1S/C12H24N/c1-7-9-13(10-8-2,11(3)4)12(5)6/h7-12H,1-6H3/q+1. The minimum atomic E-state index is 0.590. The maximum absolute atomic E-state index is 2.27. The minimum Gasteiger partial charge on any atom is -0.268 e. The van der Waals surface area contributed by atoms with Gasteiger partial charge >= 0.3 is 0 Å². The zero-order valence-electron chi connectivity index (χ0n) is 9.91. The second-order valence-corrected chi connectivity index (χ2v) is 4.05. The highest BCUT2D eigenvalue weighted by Crippen LogP contribution is 2.21. The van der Waals surface area contributed by atoms with Gasteiger partial charge < -0.3 is 0 Å². The molecule has 0 unspecified atom stereocenters. The van der Waals surface area contributed by atoms with Gasteiger partial charge in [-0.1, -0.05) is 0 Å². The van der Waals surface area contributed by atoms with E-state index in [-0.39, 0.29) is 0 Å². The van der Waals surface area contributed by atoms with Gasteiger partial charge in [0.15, 0.2) is 0 Å². The Kier molecular flexibility index (Phi) is 5.01. The molecule has 1 heteroatoms. The molecule has 0 spiro atoms. The summed E-state index contributed by atoms with van der Waals surface area (Å²) in [6.07, 6.45) is 8.82. The van der Waals surface area contributed by atoms with E-state index < -0.39 is 0 Å². The molecule has 13 heavy (non-hydrogen) atoms. The molecule has 0 radical (unpaired) electrons. The number of hydrogen-bond donors (Lipinski definition) is 0. The smallest absolute Gasteiger partial charge is 0.0965 e. The van der Waals surface area contributed by atoms with Crippen LogP contribution >= 0.6 is 0 Å². The van der Waals surface area contributed by atoms with Gasteiger partial charge in [0.1, 0.15) is 0 Å². The summed E-state index contributed by atoms with van der Waals surface area (Å²) in [5.41, 5.74) is 0. The lowest BCUT2D eigenvalue weighted by Gasteiger charge is -2.39. The van der Waals surface area contributed by atoms with Crippen molar-refractivity contribution in [1.29, 1.82) is 0 Å². The molecule has 0 rings (SSSR count). The summed E-state index contributed by atoms with van der Waals surface area (Å²) < 4.78 is 0.938. The molecule has 0 bridgehead atoms. The van der Waals surface area contributed by atoms with Crippen molar-refractivity contribution in [2.45, 2.75) is 53.6 Å². The molecule has 0 fully saturated rings. The molecule has 76 valence electrons. The zero-order valence-corrected chi connectivity index (χ0v) is 9.91. The first kappa shape index (κ1) is 12.4. The second-order valence-electron chi connectivity index (χ2n) is 4.05. The Morgan fingerprint density at radius 3 is 1.23 bits per heavy atom. The summed E-state index contributed by atoms with van der Waals surface area (Å²) in [4.78, 5) is 0. The van der Waals surface area contributed by atoms with Gasteiger partial charge in [0.25, 0.3) is 0 Å². The van der Waals surface area contributed by atoms with Gasteiger partial charge in [-0.2, -0.15) is 0 Å². The van der Waals surface area contributed by atoms with Gasteiger partial charge in [0.2, 0.25) is 0 Å². The first-order valence-electron chi connectivity index (χ1n) is 5.16. The maximum atomic E-state index is 2.27. The van der Waals surface area contributed by atoms with Crippen LogP contribution in [0.1, 0.15) is 41.5 Å². The van der Waals surface area contributed by atoms with Crippen LogP contribution in [-0.2, 0) is 0 Å². The Balaban J connectivity index is 5.04. The monoisotopic (exact) mass is 182 g/mol.